The summed E-state index contributed by atoms with van der Waals surface area (Å²) >= 11 is 0. The van der Waals surface area contributed by atoms with Gasteiger partial charge in [0.15, 0.2) is 0 Å². The van der Waals surface area contributed by atoms with E-state index < -0.39 is 0 Å². The number of likely N-dealkylation sites (N-methyl/N-ethyl adjacent to an activating group) is 1. The molecule has 2 aromatic heterocycles. The predicted molar refractivity (Wildman–Crippen MR) is 106 cm³/mol. The number of imidazole rings is 1. The Morgan fingerprint density at radius 2 is 2.07 bits per heavy atom. The van der Waals surface area contributed by atoms with Crippen LogP contribution in [-0.2, 0) is 6.54 Å². The van der Waals surface area contributed by atoms with E-state index >= 15 is 0 Å². The number of carbonyl (C=O) groups excluding carboxylic acids is 1. The summed E-state index contributed by atoms with van der Waals surface area (Å²) in [5.74, 6) is 1.48. The number of pyridine rings is 1. The minimum atomic E-state index is -0.128. The quantitative estimate of drug-likeness (QED) is 0.785. The Morgan fingerprint density at radius 3 is 2.70 bits per heavy atom. The SMILES string of the molecule is CN(C)C(CNC(=O)NCc1ccc(-n2ccnc2)nc1)C1CCCCC1. The summed E-state index contributed by atoms with van der Waals surface area (Å²) in [5.41, 5.74) is 0.963. The zero-order chi connectivity index (χ0) is 19.1. The lowest BCUT2D eigenvalue weighted by Crippen LogP contribution is -2.47. The van der Waals surface area contributed by atoms with E-state index in [9.17, 15) is 4.79 Å². The van der Waals surface area contributed by atoms with Gasteiger partial charge in [-0.3, -0.25) is 4.57 Å². The van der Waals surface area contributed by atoms with Gasteiger partial charge < -0.3 is 15.5 Å². The molecule has 2 aromatic rings. The maximum absolute atomic E-state index is 12.2. The minimum absolute atomic E-state index is 0.128. The first kappa shape index (κ1) is 19.4. The van der Waals surface area contributed by atoms with Crippen LogP contribution in [0.2, 0.25) is 0 Å². The number of nitrogens with one attached hydrogen (secondary N) is 2. The molecule has 2 amide bonds. The van der Waals surface area contributed by atoms with E-state index in [1.54, 1.807) is 18.7 Å². The van der Waals surface area contributed by atoms with Crippen molar-refractivity contribution in [3.05, 3.63) is 42.6 Å². The lowest BCUT2D eigenvalue weighted by Gasteiger charge is -2.34. The van der Waals surface area contributed by atoms with Crippen LogP contribution in [0.25, 0.3) is 5.82 Å². The van der Waals surface area contributed by atoms with Crippen molar-refractivity contribution in [1.82, 2.24) is 30.1 Å². The van der Waals surface area contributed by atoms with Gasteiger partial charge in [0, 0.05) is 37.7 Å². The van der Waals surface area contributed by atoms with Crippen molar-refractivity contribution in [1.29, 1.82) is 0 Å². The normalized spacial score (nSPS) is 16.3. The maximum atomic E-state index is 12.2. The van der Waals surface area contributed by atoms with Crippen molar-refractivity contribution in [2.24, 2.45) is 5.92 Å². The topological polar surface area (TPSA) is 75.1 Å². The summed E-state index contributed by atoms with van der Waals surface area (Å²) in [6.45, 7) is 1.14. The summed E-state index contributed by atoms with van der Waals surface area (Å²) in [5, 5.41) is 5.96. The van der Waals surface area contributed by atoms with Gasteiger partial charge in [-0.15, -0.1) is 0 Å². The number of urea groups is 1. The Morgan fingerprint density at radius 1 is 1.26 bits per heavy atom. The van der Waals surface area contributed by atoms with Crippen LogP contribution < -0.4 is 10.6 Å². The van der Waals surface area contributed by atoms with Crippen LogP contribution in [0.3, 0.4) is 0 Å². The molecular formula is C20H30N6O. The van der Waals surface area contributed by atoms with Gasteiger partial charge in [-0.05, 0) is 44.5 Å². The Balaban J connectivity index is 1.44. The van der Waals surface area contributed by atoms with Crippen molar-refractivity contribution in [2.45, 2.75) is 44.7 Å². The first-order valence-electron chi connectivity index (χ1n) is 9.75. The van der Waals surface area contributed by atoms with Crippen LogP contribution in [0, 0.1) is 5.92 Å². The summed E-state index contributed by atoms with van der Waals surface area (Å²) in [6.07, 6.45) is 13.5. The standard InChI is InChI=1S/C20H30N6O/c1-25(2)18(17-6-4-3-5-7-17)14-24-20(27)23-13-16-8-9-19(22-12-16)26-11-10-21-15-26/h8-12,15,17-18H,3-7,13-14H2,1-2H3,(H2,23,24,27). The van der Waals surface area contributed by atoms with Crippen molar-refractivity contribution in [3.63, 3.8) is 0 Å². The van der Waals surface area contributed by atoms with Crippen LogP contribution >= 0.6 is 0 Å². The Hall–Kier alpha value is -2.41. The highest BCUT2D eigenvalue weighted by molar-refractivity contribution is 5.73. The lowest BCUT2D eigenvalue weighted by molar-refractivity contribution is 0.166. The molecule has 27 heavy (non-hydrogen) atoms. The van der Waals surface area contributed by atoms with Gasteiger partial charge >= 0.3 is 6.03 Å². The van der Waals surface area contributed by atoms with E-state index in [1.807, 2.05) is 22.9 Å². The molecule has 1 aliphatic carbocycles. The molecule has 3 rings (SSSR count). The summed E-state index contributed by atoms with van der Waals surface area (Å²) in [7, 11) is 4.21. The second kappa shape index (κ2) is 9.50. The Bertz CT molecular complexity index is 692. The molecule has 2 heterocycles. The van der Waals surface area contributed by atoms with Gasteiger partial charge in [0.05, 0.1) is 0 Å². The molecule has 2 N–H and O–H groups in total. The molecule has 7 nitrogen and oxygen atoms in total. The van der Waals surface area contributed by atoms with Gasteiger partial charge in [-0.25, -0.2) is 14.8 Å². The molecule has 1 unspecified atom stereocenters. The van der Waals surface area contributed by atoms with E-state index in [0.717, 1.165) is 11.4 Å². The molecule has 1 fully saturated rings. The zero-order valence-electron chi connectivity index (χ0n) is 16.3. The molecule has 0 aliphatic heterocycles. The molecule has 1 atom stereocenters. The molecule has 0 spiro atoms. The van der Waals surface area contributed by atoms with Crippen molar-refractivity contribution < 1.29 is 4.79 Å². The number of hydrogen-bond donors (Lipinski definition) is 2. The Labute approximate surface area is 161 Å². The van der Waals surface area contributed by atoms with Gasteiger partial charge in [0.2, 0.25) is 0 Å². The molecular weight excluding hydrogens is 340 g/mol. The second-order valence-corrected chi connectivity index (χ2v) is 7.49. The minimum Gasteiger partial charge on any atom is -0.337 e. The van der Waals surface area contributed by atoms with E-state index in [0.29, 0.717) is 25.0 Å². The number of carbonyl (C=O) groups is 1. The van der Waals surface area contributed by atoms with Crippen LogP contribution in [0.1, 0.15) is 37.7 Å². The number of amides is 2. The summed E-state index contributed by atoms with van der Waals surface area (Å²) in [6, 6.07) is 4.15. The zero-order valence-corrected chi connectivity index (χ0v) is 16.3. The third kappa shape index (κ3) is 5.53. The van der Waals surface area contributed by atoms with E-state index in [4.69, 9.17) is 0 Å². The second-order valence-electron chi connectivity index (χ2n) is 7.49. The molecule has 7 heteroatoms. The van der Waals surface area contributed by atoms with Gasteiger partial charge in [0.25, 0.3) is 0 Å². The highest BCUT2D eigenvalue weighted by atomic mass is 16.2. The fourth-order valence-corrected chi connectivity index (χ4v) is 3.80. The average Bonchev–Trinajstić information content (AvgIpc) is 3.22. The van der Waals surface area contributed by atoms with Gasteiger partial charge in [-0.2, -0.15) is 0 Å². The summed E-state index contributed by atoms with van der Waals surface area (Å²) in [4.78, 5) is 22.9. The number of nitrogens with zero attached hydrogens (tertiary/aromatic N) is 4. The smallest absolute Gasteiger partial charge is 0.315 e. The van der Waals surface area contributed by atoms with Crippen LogP contribution in [-0.4, -0.2) is 52.1 Å². The molecule has 0 bridgehead atoms. The molecule has 146 valence electrons. The molecule has 1 saturated carbocycles. The first-order chi connectivity index (χ1) is 13.1. The van der Waals surface area contributed by atoms with Gasteiger partial charge in [-0.1, -0.05) is 25.3 Å². The van der Waals surface area contributed by atoms with Crippen molar-refractivity contribution in [2.75, 3.05) is 20.6 Å². The van der Waals surface area contributed by atoms with Crippen molar-refractivity contribution in [3.8, 4) is 5.82 Å². The fraction of sp³-hybridized carbons (Fsp3) is 0.550. The lowest BCUT2D eigenvalue weighted by atomic mass is 9.83. The largest absolute Gasteiger partial charge is 0.337 e. The highest BCUT2D eigenvalue weighted by Gasteiger charge is 2.25. The summed E-state index contributed by atoms with van der Waals surface area (Å²) < 4.78 is 1.84. The van der Waals surface area contributed by atoms with Crippen molar-refractivity contribution >= 4 is 6.03 Å². The maximum Gasteiger partial charge on any atom is 0.315 e. The number of aromatic nitrogens is 3. The van der Waals surface area contributed by atoms with Crippen LogP contribution in [0.5, 0.6) is 0 Å². The third-order valence-electron chi connectivity index (χ3n) is 5.36. The van der Waals surface area contributed by atoms with E-state index in [1.165, 1.54) is 32.1 Å². The fourth-order valence-electron chi connectivity index (χ4n) is 3.80. The molecule has 1 aliphatic rings. The third-order valence-corrected chi connectivity index (χ3v) is 5.36. The monoisotopic (exact) mass is 370 g/mol. The average molecular weight is 371 g/mol. The number of rotatable bonds is 7. The molecule has 0 aromatic carbocycles. The highest BCUT2D eigenvalue weighted by Crippen LogP contribution is 2.28. The van der Waals surface area contributed by atoms with Crippen LogP contribution in [0.15, 0.2) is 37.1 Å². The Kier molecular flexibility index (Phi) is 6.81. The number of hydrogen-bond acceptors (Lipinski definition) is 4. The van der Waals surface area contributed by atoms with Crippen LogP contribution in [0.4, 0.5) is 4.79 Å². The molecule has 0 radical (unpaired) electrons. The van der Waals surface area contributed by atoms with E-state index in [-0.39, 0.29) is 6.03 Å². The van der Waals surface area contributed by atoms with Gasteiger partial charge in [0.1, 0.15) is 12.1 Å². The van der Waals surface area contributed by atoms with E-state index in [2.05, 4.69) is 39.6 Å². The first-order valence-corrected chi connectivity index (χ1v) is 9.75. The predicted octanol–water partition coefficient (Wildman–Crippen LogP) is 2.58. The molecule has 0 saturated heterocycles.